The number of amides is 1. The molecule has 1 aromatic carbocycles. The van der Waals surface area contributed by atoms with Crippen LogP contribution in [0.1, 0.15) is 44.2 Å². The van der Waals surface area contributed by atoms with Crippen LogP contribution >= 0.6 is 0 Å². The summed E-state index contributed by atoms with van der Waals surface area (Å²) >= 11 is 0. The number of β-amino-alcohol motifs (C(OH)–C–C–N with tert-alkyl or cyclic N) is 1. The molecule has 1 heterocycles. The summed E-state index contributed by atoms with van der Waals surface area (Å²) < 4.78 is 0. The Morgan fingerprint density at radius 1 is 1.33 bits per heavy atom. The predicted molar refractivity (Wildman–Crippen MR) is 83.9 cm³/mol. The lowest BCUT2D eigenvalue weighted by Crippen LogP contribution is -2.51. The third kappa shape index (κ3) is 4.55. The Hall–Kier alpha value is -1.39. The van der Waals surface area contributed by atoms with Crippen LogP contribution in [0.3, 0.4) is 0 Å². The molecule has 4 heteroatoms. The minimum absolute atomic E-state index is 0.0354. The standard InChI is InChI=1S/C17H26N2O2/c1-2-3-5-10-15(20)13-19-12-11-18-17(21)16(19)14-8-6-4-7-9-14/h4,6-9,15-16,20H,2-3,5,10-13H2,1H3,(H,18,21). The first kappa shape index (κ1) is 16.0. The maximum absolute atomic E-state index is 12.2. The highest BCUT2D eigenvalue weighted by Crippen LogP contribution is 2.23. The summed E-state index contributed by atoms with van der Waals surface area (Å²) in [5.74, 6) is 0.0354. The quantitative estimate of drug-likeness (QED) is 0.756. The molecule has 21 heavy (non-hydrogen) atoms. The fourth-order valence-corrected chi connectivity index (χ4v) is 2.90. The van der Waals surface area contributed by atoms with E-state index in [1.165, 1.54) is 0 Å². The molecule has 4 nitrogen and oxygen atoms in total. The molecule has 2 rings (SSSR count). The lowest BCUT2D eigenvalue weighted by molar-refractivity contribution is -0.130. The molecule has 0 spiro atoms. The second kappa shape index (κ2) is 8.15. The van der Waals surface area contributed by atoms with Crippen LogP contribution in [0.4, 0.5) is 0 Å². The summed E-state index contributed by atoms with van der Waals surface area (Å²) in [5, 5.41) is 13.1. The van der Waals surface area contributed by atoms with Crippen LogP contribution < -0.4 is 5.32 Å². The van der Waals surface area contributed by atoms with Crippen molar-refractivity contribution in [1.82, 2.24) is 10.2 Å². The third-order valence-corrected chi connectivity index (χ3v) is 4.01. The number of carbonyl (C=O) groups excluding carboxylic acids is 1. The number of aliphatic hydroxyl groups is 1. The molecule has 0 saturated carbocycles. The van der Waals surface area contributed by atoms with Crippen molar-refractivity contribution in [3.05, 3.63) is 35.9 Å². The Morgan fingerprint density at radius 2 is 2.10 bits per heavy atom. The summed E-state index contributed by atoms with van der Waals surface area (Å²) in [7, 11) is 0. The molecule has 0 radical (unpaired) electrons. The van der Waals surface area contributed by atoms with Crippen LogP contribution in [0.15, 0.2) is 30.3 Å². The number of carbonyl (C=O) groups is 1. The number of benzene rings is 1. The normalized spacial score (nSPS) is 21.0. The van der Waals surface area contributed by atoms with Gasteiger partial charge in [0.25, 0.3) is 0 Å². The maximum atomic E-state index is 12.2. The topological polar surface area (TPSA) is 52.6 Å². The number of nitrogens with one attached hydrogen (secondary N) is 1. The van der Waals surface area contributed by atoms with E-state index in [0.717, 1.165) is 37.8 Å². The molecular weight excluding hydrogens is 264 g/mol. The largest absolute Gasteiger partial charge is 0.392 e. The van der Waals surface area contributed by atoms with Gasteiger partial charge in [0.05, 0.1) is 6.10 Å². The van der Waals surface area contributed by atoms with E-state index < -0.39 is 0 Å². The average molecular weight is 290 g/mol. The second-order valence-electron chi connectivity index (χ2n) is 5.75. The zero-order valence-corrected chi connectivity index (χ0v) is 12.8. The van der Waals surface area contributed by atoms with E-state index in [1.807, 2.05) is 30.3 Å². The van der Waals surface area contributed by atoms with Gasteiger partial charge in [0.2, 0.25) is 5.91 Å². The van der Waals surface area contributed by atoms with E-state index >= 15 is 0 Å². The van der Waals surface area contributed by atoms with Gasteiger partial charge in [-0.05, 0) is 12.0 Å². The summed E-state index contributed by atoms with van der Waals surface area (Å²) in [5.41, 5.74) is 0.996. The van der Waals surface area contributed by atoms with Gasteiger partial charge in [-0.3, -0.25) is 9.69 Å². The number of aliphatic hydroxyl groups excluding tert-OH is 1. The second-order valence-corrected chi connectivity index (χ2v) is 5.75. The van der Waals surface area contributed by atoms with Gasteiger partial charge in [0, 0.05) is 19.6 Å². The van der Waals surface area contributed by atoms with Gasteiger partial charge in [-0.15, -0.1) is 0 Å². The fourth-order valence-electron chi connectivity index (χ4n) is 2.90. The number of nitrogens with zero attached hydrogens (tertiary/aromatic N) is 1. The zero-order chi connectivity index (χ0) is 15.1. The maximum Gasteiger partial charge on any atom is 0.242 e. The molecule has 2 N–H and O–H groups in total. The summed E-state index contributed by atoms with van der Waals surface area (Å²) in [4.78, 5) is 14.3. The Morgan fingerprint density at radius 3 is 2.81 bits per heavy atom. The van der Waals surface area contributed by atoms with Gasteiger partial charge in [-0.25, -0.2) is 0 Å². The van der Waals surface area contributed by atoms with E-state index in [0.29, 0.717) is 13.1 Å². The molecule has 2 unspecified atom stereocenters. The predicted octanol–water partition coefficient (Wildman–Crippen LogP) is 2.10. The van der Waals surface area contributed by atoms with Crippen molar-refractivity contribution in [3.8, 4) is 0 Å². The Balaban J connectivity index is 2.00. The van der Waals surface area contributed by atoms with Crippen molar-refractivity contribution >= 4 is 5.91 Å². The van der Waals surface area contributed by atoms with Crippen molar-refractivity contribution < 1.29 is 9.90 Å². The van der Waals surface area contributed by atoms with Gasteiger partial charge in [-0.2, -0.15) is 0 Å². The lowest BCUT2D eigenvalue weighted by atomic mass is 10.0. The molecule has 1 amide bonds. The minimum atomic E-state index is -0.353. The highest BCUT2D eigenvalue weighted by Gasteiger charge is 2.31. The highest BCUT2D eigenvalue weighted by molar-refractivity contribution is 5.83. The van der Waals surface area contributed by atoms with Crippen LogP contribution in [0.25, 0.3) is 0 Å². The minimum Gasteiger partial charge on any atom is -0.392 e. The van der Waals surface area contributed by atoms with Crippen LogP contribution in [-0.2, 0) is 4.79 Å². The number of rotatable bonds is 7. The number of hydrogen-bond acceptors (Lipinski definition) is 3. The molecule has 1 aliphatic heterocycles. The Bertz CT molecular complexity index is 436. The molecule has 0 aromatic heterocycles. The number of unbranched alkanes of at least 4 members (excludes halogenated alkanes) is 2. The first-order chi connectivity index (χ1) is 10.2. The molecule has 1 aromatic rings. The Kier molecular flexibility index (Phi) is 6.21. The third-order valence-electron chi connectivity index (χ3n) is 4.01. The molecule has 1 fully saturated rings. The van der Waals surface area contributed by atoms with Crippen molar-refractivity contribution in [2.75, 3.05) is 19.6 Å². The molecular formula is C17H26N2O2. The molecule has 0 aliphatic carbocycles. The number of hydrogen-bond donors (Lipinski definition) is 2. The first-order valence-corrected chi connectivity index (χ1v) is 7.97. The van der Waals surface area contributed by atoms with Crippen molar-refractivity contribution in [3.63, 3.8) is 0 Å². The van der Waals surface area contributed by atoms with Gasteiger partial charge >= 0.3 is 0 Å². The molecule has 1 aliphatic rings. The van der Waals surface area contributed by atoms with Crippen LogP contribution in [0.2, 0.25) is 0 Å². The van der Waals surface area contributed by atoms with Crippen molar-refractivity contribution in [2.24, 2.45) is 0 Å². The molecule has 0 bridgehead atoms. The van der Waals surface area contributed by atoms with E-state index in [-0.39, 0.29) is 18.1 Å². The van der Waals surface area contributed by atoms with E-state index in [2.05, 4.69) is 17.1 Å². The monoisotopic (exact) mass is 290 g/mol. The molecule has 1 saturated heterocycles. The fraction of sp³-hybridized carbons (Fsp3) is 0.588. The van der Waals surface area contributed by atoms with Gasteiger partial charge in [0.15, 0.2) is 0 Å². The summed E-state index contributed by atoms with van der Waals surface area (Å²) in [6, 6.07) is 9.53. The average Bonchev–Trinajstić information content (AvgIpc) is 2.48. The van der Waals surface area contributed by atoms with Crippen LogP contribution in [0, 0.1) is 0 Å². The summed E-state index contributed by atoms with van der Waals surface area (Å²) in [6.45, 7) is 4.17. The Labute approximate surface area is 127 Å². The molecule has 116 valence electrons. The molecule has 2 atom stereocenters. The van der Waals surface area contributed by atoms with Crippen LogP contribution in [0.5, 0.6) is 0 Å². The SMILES string of the molecule is CCCCCC(O)CN1CCNC(=O)C1c1ccccc1. The highest BCUT2D eigenvalue weighted by atomic mass is 16.3. The smallest absolute Gasteiger partial charge is 0.242 e. The van der Waals surface area contributed by atoms with E-state index in [9.17, 15) is 9.90 Å². The van der Waals surface area contributed by atoms with Crippen molar-refractivity contribution in [2.45, 2.75) is 44.8 Å². The van der Waals surface area contributed by atoms with Crippen LogP contribution in [-0.4, -0.2) is 41.7 Å². The lowest BCUT2D eigenvalue weighted by Gasteiger charge is -2.36. The summed E-state index contributed by atoms with van der Waals surface area (Å²) in [6.07, 6.45) is 3.82. The van der Waals surface area contributed by atoms with Gasteiger partial charge in [-0.1, -0.05) is 56.5 Å². The number of piperazine rings is 1. The van der Waals surface area contributed by atoms with E-state index in [1.54, 1.807) is 0 Å². The van der Waals surface area contributed by atoms with Crippen molar-refractivity contribution in [1.29, 1.82) is 0 Å². The zero-order valence-electron chi connectivity index (χ0n) is 12.8. The first-order valence-electron chi connectivity index (χ1n) is 7.97. The van der Waals surface area contributed by atoms with Gasteiger partial charge in [0.1, 0.15) is 6.04 Å². The van der Waals surface area contributed by atoms with E-state index in [4.69, 9.17) is 0 Å². The van der Waals surface area contributed by atoms with Gasteiger partial charge < -0.3 is 10.4 Å².